The molecule has 0 aliphatic heterocycles. The quantitative estimate of drug-likeness (QED) is 0.205. The number of hydrogen-bond donors (Lipinski definition) is 0. The lowest BCUT2D eigenvalue weighted by Crippen LogP contribution is -2.01. The van der Waals surface area contributed by atoms with Gasteiger partial charge in [-0.05, 0) is 56.6 Å². The molecular weight excluding hydrogens is 528 g/mol. The maximum atomic E-state index is 6.16. The van der Waals surface area contributed by atoms with Crippen molar-refractivity contribution >= 4 is 54.3 Å². The minimum Gasteiger partial charge on any atom is -0.454 e. The summed E-state index contributed by atoms with van der Waals surface area (Å²) >= 11 is 0. The number of hydrogen-bond acceptors (Lipinski definition) is 5. The molecule has 3 heterocycles. The number of fused-ring (bicyclic) bond motifs is 7. The molecule has 43 heavy (non-hydrogen) atoms. The zero-order valence-corrected chi connectivity index (χ0v) is 22.9. The first-order valence-corrected chi connectivity index (χ1v) is 14.2. The van der Waals surface area contributed by atoms with E-state index in [1.807, 2.05) is 18.2 Å². The third-order valence-corrected chi connectivity index (χ3v) is 8.19. The highest BCUT2D eigenvalue weighted by atomic mass is 16.3. The fourth-order valence-electron chi connectivity index (χ4n) is 6.18. The van der Waals surface area contributed by atoms with E-state index >= 15 is 0 Å². The summed E-state index contributed by atoms with van der Waals surface area (Å²) in [6.07, 6.45) is 3.54. The molecule has 5 heteroatoms. The Morgan fingerprint density at radius 2 is 1.16 bits per heavy atom. The zero-order chi connectivity index (χ0) is 28.3. The van der Waals surface area contributed by atoms with Gasteiger partial charge in [0.05, 0.1) is 6.20 Å². The normalized spacial score (nSPS) is 11.7. The number of pyridine rings is 1. The molecule has 6 aromatic carbocycles. The van der Waals surface area contributed by atoms with Crippen molar-refractivity contribution in [3.8, 4) is 34.2 Å². The summed E-state index contributed by atoms with van der Waals surface area (Å²) < 4.78 is 6.16. The first kappa shape index (κ1) is 23.7. The van der Waals surface area contributed by atoms with Crippen LogP contribution in [0.5, 0.6) is 0 Å². The SMILES string of the molecule is c1ccc2cc(-c3nc(-c4cc5ccccc5c5ccccc45)nc(-c4cccc5oc6cnccc6c45)n3)ccc2c1. The van der Waals surface area contributed by atoms with Gasteiger partial charge in [-0.2, -0.15) is 0 Å². The van der Waals surface area contributed by atoms with Gasteiger partial charge in [0.25, 0.3) is 0 Å². The van der Waals surface area contributed by atoms with Crippen LogP contribution in [0, 0.1) is 0 Å². The Balaban J connectivity index is 1.37. The largest absolute Gasteiger partial charge is 0.454 e. The molecule has 0 bridgehead atoms. The van der Waals surface area contributed by atoms with Gasteiger partial charge in [-0.15, -0.1) is 0 Å². The zero-order valence-electron chi connectivity index (χ0n) is 22.9. The molecule has 0 N–H and O–H groups in total. The molecule has 0 unspecified atom stereocenters. The van der Waals surface area contributed by atoms with Crippen LogP contribution in [-0.2, 0) is 0 Å². The second-order valence-electron chi connectivity index (χ2n) is 10.7. The second-order valence-corrected chi connectivity index (χ2v) is 10.7. The summed E-state index contributed by atoms with van der Waals surface area (Å²) in [5.74, 6) is 1.84. The number of rotatable bonds is 3. The van der Waals surface area contributed by atoms with Gasteiger partial charge in [0.15, 0.2) is 23.1 Å². The molecule has 0 aliphatic rings. The van der Waals surface area contributed by atoms with Crippen molar-refractivity contribution in [3.63, 3.8) is 0 Å². The summed E-state index contributed by atoms with van der Waals surface area (Å²) in [5, 5.41) is 8.85. The Kier molecular flexibility index (Phi) is 5.13. The Hall–Kier alpha value is -5.94. The maximum Gasteiger partial charge on any atom is 0.164 e. The lowest BCUT2D eigenvalue weighted by Gasteiger charge is -2.13. The molecule has 200 valence electrons. The third-order valence-electron chi connectivity index (χ3n) is 8.19. The van der Waals surface area contributed by atoms with E-state index in [9.17, 15) is 0 Å². The molecule has 0 saturated carbocycles. The molecule has 0 saturated heterocycles. The molecule has 5 nitrogen and oxygen atoms in total. The van der Waals surface area contributed by atoms with Crippen molar-refractivity contribution in [1.29, 1.82) is 0 Å². The topological polar surface area (TPSA) is 64.7 Å². The predicted molar refractivity (Wildman–Crippen MR) is 174 cm³/mol. The van der Waals surface area contributed by atoms with Crippen LogP contribution in [0.3, 0.4) is 0 Å². The van der Waals surface area contributed by atoms with Crippen LogP contribution in [0.15, 0.2) is 138 Å². The second kappa shape index (κ2) is 9.29. The molecule has 9 rings (SSSR count). The fraction of sp³-hybridized carbons (Fsp3) is 0. The summed E-state index contributed by atoms with van der Waals surface area (Å²) in [6, 6.07) is 41.8. The van der Waals surface area contributed by atoms with Gasteiger partial charge < -0.3 is 4.42 Å². The van der Waals surface area contributed by atoms with Crippen LogP contribution in [0.25, 0.3) is 88.4 Å². The van der Waals surface area contributed by atoms with Gasteiger partial charge >= 0.3 is 0 Å². The summed E-state index contributed by atoms with van der Waals surface area (Å²) in [6.45, 7) is 0. The van der Waals surface area contributed by atoms with Crippen LogP contribution in [0.1, 0.15) is 0 Å². The Morgan fingerprint density at radius 1 is 0.442 bits per heavy atom. The van der Waals surface area contributed by atoms with Crippen LogP contribution < -0.4 is 0 Å². The molecule has 3 aromatic heterocycles. The molecular formula is C38H22N4O. The Bertz CT molecular complexity index is 2530. The molecule has 9 aromatic rings. The molecule has 0 aliphatic carbocycles. The van der Waals surface area contributed by atoms with Crippen molar-refractivity contribution in [2.24, 2.45) is 0 Å². The molecule has 0 radical (unpaired) electrons. The van der Waals surface area contributed by atoms with E-state index in [-0.39, 0.29) is 0 Å². The average molecular weight is 551 g/mol. The van der Waals surface area contributed by atoms with Crippen LogP contribution >= 0.6 is 0 Å². The number of aromatic nitrogens is 4. The lowest BCUT2D eigenvalue weighted by molar-refractivity contribution is 0.667. The van der Waals surface area contributed by atoms with Crippen molar-refractivity contribution in [2.75, 3.05) is 0 Å². The van der Waals surface area contributed by atoms with Crippen LogP contribution in [0.4, 0.5) is 0 Å². The lowest BCUT2D eigenvalue weighted by atomic mass is 9.96. The van der Waals surface area contributed by atoms with Gasteiger partial charge in [-0.3, -0.25) is 4.98 Å². The van der Waals surface area contributed by atoms with Gasteiger partial charge in [0, 0.05) is 33.7 Å². The molecule has 0 fully saturated rings. The Morgan fingerprint density at radius 3 is 2.05 bits per heavy atom. The molecule has 0 spiro atoms. The monoisotopic (exact) mass is 550 g/mol. The van der Waals surface area contributed by atoms with E-state index < -0.39 is 0 Å². The Labute approximate surface area is 246 Å². The fourth-order valence-corrected chi connectivity index (χ4v) is 6.18. The predicted octanol–water partition coefficient (Wildman–Crippen LogP) is 9.63. The van der Waals surface area contributed by atoms with Crippen molar-refractivity contribution in [3.05, 3.63) is 134 Å². The van der Waals surface area contributed by atoms with E-state index in [2.05, 4.69) is 108 Å². The first-order valence-electron chi connectivity index (χ1n) is 14.2. The standard InChI is InChI=1S/C38H22N4O/c1-2-9-24-20-26(17-16-23(24)8-1)36-40-37(31-14-7-15-33-35(31)30-18-19-39-22-34(30)43-33)42-38(41-36)32-21-25-10-3-4-11-27(25)28-12-5-6-13-29(28)32/h1-22H. The summed E-state index contributed by atoms with van der Waals surface area (Å²) in [5.41, 5.74) is 4.29. The van der Waals surface area contributed by atoms with Crippen LogP contribution in [0.2, 0.25) is 0 Å². The number of furan rings is 1. The maximum absolute atomic E-state index is 6.16. The molecule has 0 amide bonds. The first-order chi connectivity index (χ1) is 21.3. The third kappa shape index (κ3) is 3.79. The highest BCUT2D eigenvalue weighted by Gasteiger charge is 2.19. The van der Waals surface area contributed by atoms with Crippen molar-refractivity contribution in [1.82, 2.24) is 19.9 Å². The van der Waals surface area contributed by atoms with E-state index in [1.165, 1.54) is 16.2 Å². The summed E-state index contributed by atoms with van der Waals surface area (Å²) in [4.78, 5) is 19.7. The van der Waals surface area contributed by atoms with Gasteiger partial charge in [-0.25, -0.2) is 15.0 Å². The van der Waals surface area contributed by atoms with Crippen molar-refractivity contribution in [2.45, 2.75) is 0 Å². The minimum atomic E-state index is 0.593. The molecule has 0 atom stereocenters. The average Bonchev–Trinajstić information content (AvgIpc) is 3.46. The van der Waals surface area contributed by atoms with E-state index in [0.717, 1.165) is 54.8 Å². The van der Waals surface area contributed by atoms with E-state index in [0.29, 0.717) is 17.5 Å². The van der Waals surface area contributed by atoms with Gasteiger partial charge in [0.2, 0.25) is 0 Å². The highest BCUT2D eigenvalue weighted by molar-refractivity contribution is 6.14. The number of benzene rings is 6. The van der Waals surface area contributed by atoms with Gasteiger partial charge in [-0.1, -0.05) is 97.1 Å². The summed E-state index contributed by atoms with van der Waals surface area (Å²) in [7, 11) is 0. The van der Waals surface area contributed by atoms with Crippen LogP contribution in [-0.4, -0.2) is 19.9 Å². The highest BCUT2D eigenvalue weighted by Crippen LogP contribution is 2.38. The van der Waals surface area contributed by atoms with E-state index in [1.54, 1.807) is 12.4 Å². The van der Waals surface area contributed by atoms with Crippen molar-refractivity contribution < 1.29 is 4.42 Å². The smallest absolute Gasteiger partial charge is 0.164 e. The minimum absolute atomic E-state index is 0.593. The van der Waals surface area contributed by atoms with Gasteiger partial charge in [0.1, 0.15) is 5.58 Å². The number of nitrogens with zero attached hydrogens (tertiary/aromatic N) is 4. The van der Waals surface area contributed by atoms with E-state index in [4.69, 9.17) is 19.4 Å².